The van der Waals surface area contributed by atoms with E-state index in [1.807, 2.05) is 56.7 Å². The highest BCUT2D eigenvalue weighted by molar-refractivity contribution is 5.85. The normalized spacial score (nSPS) is 10.5. The fourth-order valence-corrected chi connectivity index (χ4v) is 3.05. The van der Waals surface area contributed by atoms with Crippen LogP contribution < -0.4 is 5.32 Å². The molecule has 148 valence electrons. The van der Waals surface area contributed by atoms with Gasteiger partial charge in [-0.25, -0.2) is 0 Å². The number of rotatable bonds is 8. The standard InChI is InChI=1S/C22H26N4O.ClH/c1-25(2)15-9-14-23-21(27)17-26-22(19-12-7-4-8-13-19)20(16-24-26)18-10-5-3-6-11-18;/h3-8,10-13,16H,9,14-15,17H2,1-2H3,(H,23,27);1H. The maximum absolute atomic E-state index is 12.4. The van der Waals surface area contributed by atoms with Crippen molar-refractivity contribution in [1.82, 2.24) is 20.0 Å². The summed E-state index contributed by atoms with van der Waals surface area (Å²) in [6, 6.07) is 20.2. The number of carbonyl (C=O) groups excluding carboxylic acids is 1. The molecule has 0 saturated carbocycles. The highest BCUT2D eigenvalue weighted by Crippen LogP contribution is 2.31. The molecule has 0 aliphatic heterocycles. The highest BCUT2D eigenvalue weighted by atomic mass is 35.5. The lowest BCUT2D eigenvalue weighted by Gasteiger charge is -2.12. The summed E-state index contributed by atoms with van der Waals surface area (Å²) in [5.74, 6) is -0.0198. The molecule has 0 aliphatic carbocycles. The van der Waals surface area contributed by atoms with Crippen LogP contribution in [0.5, 0.6) is 0 Å². The first-order valence-corrected chi connectivity index (χ1v) is 9.23. The van der Waals surface area contributed by atoms with Gasteiger partial charge in [0.15, 0.2) is 0 Å². The topological polar surface area (TPSA) is 50.2 Å². The van der Waals surface area contributed by atoms with Gasteiger partial charge >= 0.3 is 0 Å². The fourth-order valence-electron chi connectivity index (χ4n) is 3.05. The van der Waals surface area contributed by atoms with Crippen molar-refractivity contribution in [3.05, 3.63) is 66.9 Å². The van der Waals surface area contributed by atoms with Crippen molar-refractivity contribution in [2.45, 2.75) is 13.0 Å². The first-order chi connectivity index (χ1) is 13.1. The molecule has 1 N–H and O–H groups in total. The summed E-state index contributed by atoms with van der Waals surface area (Å²) in [4.78, 5) is 14.5. The van der Waals surface area contributed by atoms with Gasteiger partial charge in [-0.3, -0.25) is 9.48 Å². The zero-order valence-corrected chi connectivity index (χ0v) is 17.2. The predicted octanol–water partition coefficient (Wildman–Crippen LogP) is 3.71. The largest absolute Gasteiger partial charge is 0.354 e. The van der Waals surface area contributed by atoms with Crippen molar-refractivity contribution in [2.75, 3.05) is 27.2 Å². The van der Waals surface area contributed by atoms with Gasteiger partial charge in [-0.2, -0.15) is 5.10 Å². The number of nitrogens with one attached hydrogen (secondary N) is 1. The van der Waals surface area contributed by atoms with E-state index in [2.05, 4.69) is 39.6 Å². The molecule has 0 bridgehead atoms. The van der Waals surface area contributed by atoms with Crippen LogP contribution in [0.2, 0.25) is 0 Å². The Bertz CT molecular complexity index is 863. The average molecular weight is 399 g/mol. The second kappa shape index (κ2) is 10.6. The van der Waals surface area contributed by atoms with Gasteiger partial charge in [-0.15, -0.1) is 12.4 Å². The number of amides is 1. The molecule has 0 saturated heterocycles. The van der Waals surface area contributed by atoms with Crippen molar-refractivity contribution in [3.8, 4) is 22.4 Å². The van der Waals surface area contributed by atoms with Crippen molar-refractivity contribution in [2.24, 2.45) is 0 Å². The Kier molecular flexibility index (Phi) is 8.23. The molecular weight excluding hydrogens is 372 g/mol. The second-order valence-electron chi connectivity index (χ2n) is 6.80. The first-order valence-electron chi connectivity index (χ1n) is 9.23. The molecule has 0 fully saturated rings. The van der Waals surface area contributed by atoms with Crippen LogP contribution >= 0.6 is 12.4 Å². The molecule has 6 heteroatoms. The van der Waals surface area contributed by atoms with E-state index in [1.54, 1.807) is 4.68 Å². The Balaban J connectivity index is 0.00000280. The van der Waals surface area contributed by atoms with Crippen molar-refractivity contribution < 1.29 is 4.79 Å². The molecule has 1 heterocycles. The summed E-state index contributed by atoms with van der Waals surface area (Å²) in [5, 5.41) is 7.50. The van der Waals surface area contributed by atoms with Gasteiger partial charge in [-0.05, 0) is 32.6 Å². The maximum Gasteiger partial charge on any atom is 0.241 e. The van der Waals surface area contributed by atoms with E-state index in [1.165, 1.54) is 0 Å². The third kappa shape index (κ3) is 5.68. The third-order valence-electron chi connectivity index (χ3n) is 4.37. The summed E-state index contributed by atoms with van der Waals surface area (Å²) < 4.78 is 1.79. The smallest absolute Gasteiger partial charge is 0.241 e. The van der Waals surface area contributed by atoms with E-state index in [9.17, 15) is 4.79 Å². The van der Waals surface area contributed by atoms with Gasteiger partial charge in [0.25, 0.3) is 0 Å². The number of aromatic nitrogens is 2. The average Bonchev–Trinajstić information content (AvgIpc) is 3.10. The molecule has 3 rings (SSSR count). The lowest BCUT2D eigenvalue weighted by Crippen LogP contribution is -2.30. The predicted molar refractivity (Wildman–Crippen MR) is 117 cm³/mol. The zero-order valence-electron chi connectivity index (χ0n) is 16.3. The van der Waals surface area contributed by atoms with Crippen LogP contribution in [-0.4, -0.2) is 47.8 Å². The van der Waals surface area contributed by atoms with Crippen LogP contribution in [0, 0.1) is 0 Å². The molecule has 28 heavy (non-hydrogen) atoms. The number of halogens is 1. The first kappa shape index (κ1) is 21.7. The molecule has 5 nitrogen and oxygen atoms in total. The minimum Gasteiger partial charge on any atom is -0.354 e. The monoisotopic (exact) mass is 398 g/mol. The number of carbonyl (C=O) groups is 1. The van der Waals surface area contributed by atoms with E-state index in [0.717, 1.165) is 35.3 Å². The van der Waals surface area contributed by atoms with Crippen LogP contribution in [-0.2, 0) is 11.3 Å². The van der Waals surface area contributed by atoms with E-state index in [0.29, 0.717) is 6.54 Å². The van der Waals surface area contributed by atoms with E-state index < -0.39 is 0 Å². The van der Waals surface area contributed by atoms with Crippen molar-refractivity contribution >= 4 is 18.3 Å². The molecule has 1 amide bonds. The van der Waals surface area contributed by atoms with Gasteiger partial charge in [0.1, 0.15) is 6.54 Å². The van der Waals surface area contributed by atoms with Gasteiger partial charge in [-0.1, -0.05) is 60.7 Å². The Labute approximate surface area is 172 Å². The Morgan fingerprint density at radius 3 is 2.21 bits per heavy atom. The molecule has 2 aromatic carbocycles. The molecule has 3 aromatic rings. The van der Waals surface area contributed by atoms with E-state index in [4.69, 9.17) is 0 Å². The minimum absolute atomic E-state index is 0. The van der Waals surface area contributed by atoms with Crippen LogP contribution in [0.4, 0.5) is 0 Å². The summed E-state index contributed by atoms with van der Waals surface area (Å²) in [7, 11) is 4.06. The lowest BCUT2D eigenvalue weighted by molar-refractivity contribution is -0.121. The van der Waals surface area contributed by atoms with E-state index in [-0.39, 0.29) is 24.9 Å². The van der Waals surface area contributed by atoms with Crippen molar-refractivity contribution in [3.63, 3.8) is 0 Å². The third-order valence-corrected chi connectivity index (χ3v) is 4.37. The molecule has 0 atom stereocenters. The molecule has 0 unspecified atom stereocenters. The fraction of sp³-hybridized carbons (Fsp3) is 0.273. The number of hydrogen-bond acceptors (Lipinski definition) is 3. The Morgan fingerprint density at radius 1 is 1.00 bits per heavy atom. The van der Waals surface area contributed by atoms with Crippen LogP contribution in [0.25, 0.3) is 22.4 Å². The van der Waals surface area contributed by atoms with Gasteiger partial charge in [0.05, 0.1) is 11.9 Å². The van der Waals surface area contributed by atoms with Crippen LogP contribution in [0.15, 0.2) is 66.9 Å². The number of benzene rings is 2. The lowest BCUT2D eigenvalue weighted by atomic mass is 10.0. The maximum atomic E-state index is 12.4. The Hall–Kier alpha value is -2.63. The van der Waals surface area contributed by atoms with Crippen LogP contribution in [0.1, 0.15) is 6.42 Å². The van der Waals surface area contributed by atoms with Gasteiger partial charge in [0.2, 0.25) is 5.91 Å². The zero-order chi connectivity index (χ0) is 19.1. The van der Waals surface area contributed by atoms with Crippen molar-refractivity contribution in [1.29, 1.82) is 0 Å². The van der Waals surface area contributed by atoms with Gasteiger partial charge in [0, 0.05) is 17.7 Å². The molecular formula is C22H27ClN4O. The Morgan fingerprint density at radius 2 is 1.61 bits per heavy atom. The molecule has 0 aliphatic rings. The molecule has 0 radical (unpaired) electrons. The molecule has 0 spiro atoms. The number of nitrogens with zero attached hydrogens (tertiary/aromatic N) is 3. The second-order valence-corrected chi connectivity index (χ2v) is 6.80. The highest BCUT2D eigenvalue weighted by Gasteiger charge is 2.16. The molecule has 1 aromatic heterocycles. The minimum atomic E-state index is -0.0198. The number of hydrogen-bond donors (Lipinski definition) is 1. The van der Waals surface area contributed by atoms with Gasteiger partial charge < -0.3 is 10.2 Å². The van der Waals surface area contributed by atoms with Crippen LogP contribution in [0.3, 0.4) is 0 Å². The summed E-state index contributed by atoms with van der Waals surface area (Å²) in [6.45, 7) is 1.83. The summed E-state index contributed by atoms with van der Waals surface area (Å²) in [6.07, 6.45) is 2.77. The summed E-state index contributed by atoms with van der Waals surface area (Å²) in [5.41, 5.74) is 4.13. The van der Waals surface area contributed by atoms with E-state index >= 15 is 0 Å². The summed E-state index contributed by atoms with van der Waals surface area (Å²) >= 11 is 0. The SMILES string of the molecule is CN(C)CCCNC(=O)Cn1ncc(-c2ccccc2)c1-c1ccccc1.Cl. The quantitative estimate of drug-likeness (QED) is 0.588.